The Hall–Kier alpha value is -4.48. The molecule has 2 heterocycles. The molecule has 0 radical (unpaired) electrons. The van der Waals surface area contributed by atoms with Gasteiger partial charge in [-0.2, -0.15) is 20.1 Å². The minimum absolute atomic E-state index is 0.0130. The molecule has 0 unspecified atom stereocenters. The lowest BCUT2D eigenvalue weighted by Crippen LogP contribution is -2.21. The van der Waals surface area contributed by atoms with Crippen molar-refractivity contribution in [1.29, 1.82) is 0 Å². The van der Waals surface area contributed by atoms with Gasteiger partial charge >= 0.3 is 0 Å². The first-order valence-electron chi connectivity index (χ1n) is 9.81. The van der Waals surface area contributed by atoms with E-state index in [1.54, 1.807) is 18.2 Å². The molecule has 2 aromatic carbocycles. The van der Waals surface area contributed by atoms with Crippen LogP contribution in [0.2, 0.25) is 0 Å². The SMILES string of the molecule is O=[N+]([O-])c1ccc(Nc2nc(N/N=C/c3ccc(O)c(O)c3)nc(N3CCCC3)n2)cc1. The molecule has 1 saturated heterocycles. The van der Waals surface area contributed by atoms with E-state index in [0.717, 1.165) is 25.9 Å². The van der Waals surface area contributed by atoms with E-state index in [0.29, 0.717) is 17.2 Å². The molecule has 1 aromatic heterocycles. The normalized spacial score (nSPS) is 13.4. The first-order chi connectivity index (χ1) is 15.5. The first-order valence-corrected chi connectivity index (χ1v) is 9.81. The third-order valence-corrected chi connectivity index (χ3v) is 4.72. The van der Waals surface area contributed by atoms with Crippen LogP contribution in [0.3, 0.4) is 0 Å². The standard InChI is InChI=1S/C20H20N8O4/c29-16-8-3-13(11-17(16)30)12-21-26-19-23-18(24-20(25-19)27-9-1-2-10-27)22-14-4-6-15(7-5-14)28(31)32/h3-8,11-12,29-30H,1-2,9-10H2,(H2,22,23,24,25,26)/b21-12+. The summed E-state index contributed by atoms with van der Waals surface area (Å²) >= 11 is 0. The summed E-state index contributed by atoms with van der Waals surface area (Å²) < 4.78 is 0. The number of nitro benzene ring substituents is 1. The summed E-state index contributed by atoms with van der Waals surface area (Å²) in [6.45, 7) is 1.66. The predicted molar refractivity (Wildman–Crippen MR) is 119 cm³/mol. The van der Waals surface area contributed by atoms with Crippen LogP contribution in [0.5, 0.6) is 11.5 Å². The molecule has 0 spiro atoms. The Kier molecular flexibility index (Phi) is 5.92. The van der Waals surface area contributed by atoms with Gasteiger partial charge in [0.1, 0.15) is 0 Å². The summed E-state index contributed by atoms with van der Waals surface area (Å²) in [7, 11) is 0. The summed E-state index contributed by atoms with van der Waals surface area (Å²) in [6, 6.07) is 10.2. The maximum absolute atomic E-state index is 10.8. The fraction of sp³-hybridized carbons (Fsp3) is 0.200. The van der Waals surface area contributed by atoms with Gasteiger partial charge in [-0.05, 0) is 48.7 Å². The Morgan fingerprint density at radius 1 is 1.00 bits per heavy atom. The minimum Gasteiger partial charge on any atom is -0.504 e. The number of anilines is 4. The van der Waals surface area contributed by atoms with Gasteiger partial charge in [-0.15, -0.1) is 0 Å². The number of nitrogens with one attached hydrogen (secondary N) is 2. The van der Waals surface area contributed by atoms with Gasteiger partial charge in [-0.1, -0.05) is 0 Å². The number of non-ortho nitro benzene ring substituents is 1. The molecule has 1 aliphatic rings. The highest BCUT2D eigenvalue weighted by molar-refractivity contribution is 5.81. The van der Waals surface area contributed by atoms with Crippen LogP contribution < -0.4 is 15.6 Å². The second-order valence-electron chi connectivity index (χ2n) is 7.02. The minimum atomic E-state index is -0.466. The number of aromatic nitrogens is 3. The fourth-order valence-electron chi connectivity index (χ4n) is 3.11. The lowest BCUT2D eigenvalue weighted by atomic mass is 10.2. The van der Waals surface area contributed by atoms with E-state index in [-0.39, 0.29) is 29.1 Å². The molecule has 0 aliphatic carbocycles. The molecule has 12 nitrogen and oxygen atoms in total. The third-order valence-electron chi connectivity index (χ3n) is 4.72. The maximum atomic E-state index is 10.8. The smallest absolute Gasteiger partial charge is 0.269 e. The molecular formula is C20H20N8O4. The molecule has 32 heavy (non-hydrogen) atoms. The van der Waals surface area contributed by atoms with Crippen molar-refractivity contribution < 1.29 is 15.1 Å². The van der Waals surface area contributed by atoms with Gasteiger partial charge in [-0.25, -0.2) is 5.43 Å². The maximum Gasteiger partial charge on any atom is 0.269 e. The van der Waals surface area contributed by atoms with Crippen molar-refractivity contribution in [2.75, 3.05) is 28.7 Å². The molecule has 0 atom stereocenters. The molecule has 1 aliphatic heterocycles. The van der Waals surface area contributed by atoms with E-state index < -0.39 is 4.92 Å². The number of nitro groups is 1. The van der Waals surface area contributed by atoms with Crippen LogP contribution in [0.25, 0.3) is 0 Å². The molecule has 4 N–H and O–H groups in total. The van der Waals surface area contributed by atoms with Crippen LogP contribution in [0.15, 0.2) is 47.6 Å². The zero-order chi connectivity index (χ0) is 22.5. The molecule has 12 heteroatoms. The van der Waals surface area contributed by atoms with E-state index in [1.165, 1.54) is 30.5 Å². The van der Waals surface area contributed by atoms with Gasteiger partial charge in [0, 0.05) is 30.9 Å². The Labute approximate surface area is 182 Å². The zero-order valence-electron chi connectivity index (χ0n) is 16.8. The number of rotatable bonds is 7. The number of phenols is 2. The quantitative estimate of drug-likeness (QED) is 0.187. The molecule has 4 rings (SSSR count). The van der Waals surface area contributed by atoms with Crippen molar-refractivity contribution in [3.63, 3.8) is 0 Å². The average Bonchev–Trinajstić information content (AvgIpc) is 3.32. The predicted octanol–water partition coefficient (Wildman–Crippen LogP) is 2.98. The van der Waals surface area contributed by atoms with Crippen molar-refractivity contribution in [3.05, 3.63) is 58.1 Å². The highest BCUT2D eigenvalue weighted by Crippen LogP contribution is 2.24. The highest BCUT2D eigenvalue weighted by atomic mass is 16.6. The Bertz CT molecular complexity index is 1150. The molecule has 0 saturated carbocycles. The molecular weight excluding hydrogens is 416 g/mol. The van der Waals surface area contributed by atoms with Crippen LogP contribution >= 0.6 is 0 Å². The van der Waals surface area contributed by atoms with E-state index in [1.807, 2.05) is 4.90 Å². The van der Waals surface area contributed by atoms with Crippen LogP contribution in [0, 0.1) is 10.1 Å². The van der Waals surface area contributed by atoms with Crippen LogP contribution in [0.4, 0.5) is 29.2 Å². The largest absolute Gasteiger partial charge is 0.504 e. The van der Waals surface area contributed by atoms with Crippen molar-refractivity contribution in [1.82, 2.24) is 15.0 Å². The summed E-state index contributed by atoms with van der Waals surface area (Å²) in [5.41, 5.74) is 3.88. The van der Waals surface area contributed by atoms with Crippen molar-refractivity contribution in [3.8, 4) is 11.5 Å². The summed E-state index contributed by atoms with van der Waals surface area (Å²) in [5.74, 6) is 0.480. The Balaban J connectivity index is 1.55. The lowest BCUT2D eigenvalue weighted by Gasteiger charge is -2.16. The number of hydrazone groups is 1. The number of hydrogen-bond donors (Lipinski definition) is 4. The van der Waals surface area contributed by atoms with Crippen molar-refractivity contribution in [2.24, 2.45) is 5.10 Å². The summed E-state index contributed by atoms with van der Waals surface area (Å²) in [4.78, 5) is 25.6. The van der Waals surface area contributed by atoms with Gasteiger partial charge < -0.3 is 20.4 Å². The van der Waals surface area contributed by atoms with Crippen LogP contribution in [0.1, 0.15) is 18.4 Å². The van der Waals surface area contributed by atoms with Gasteiger partial charge in [0.2, 0.25) is 17.8 Å². The summed E-state index contributed by atoms with van der Waals surface area (Å²) in [5, 5.41) is 36.9. The van der Waals surface area contributed by atoms with Crippen molar-refractivity contribution >= 4 is 35.4 Å². The first kappa shape index (κ1) is 20.8. The van der Waals surface area contributed by atoms with Crippen LogP contribution in [-0.2, 0) is 0 Å². The van der Waals surface area contributed by atoms with Crippen LogP contribution in [-0.4, -0.2) is 49.4 Å². The number of aromatic hydroxyl groups is 2. The van der Waals surface area contributed by atoms with Gasteiger partial charge in [0.25, 0.3) is 5.69 Å². The number of hydrogen-bond acceptors (Lipinski definition) is 11. The van der Waals surface area contributed by atoms with Crippen molar-refractivity contribution in [2.45, 2.75) is 12.8 Å². The van der Waals surface area contributed by atoms with Gasteiger partial charge in [0.15, 0.2) is 11.5 Å². The third kappa shape index (κ3) is 4.98. The fourth-order valence-corrected chi connectivity index (χ4v) is 3.11. The van der Waals surface area contributed by atoms with E-state index in [9.17, 15) is 20.3 Å². The van der Waals surface area contributed by atoms with E-state index >= 15 is 0 Å². The van der Waals surface area contributed by atoms with Gasteiger partial charge in [0.05, 0.1) is 11.1 Å². The Morgan fingerprint density at radius 3 is 2.41 bits per heavy atom. The molecule has 3 aromatic rings. The molecule has 0 amide bonds. The molecule has 0 bridgehead atoms. The monoisotopic (exact) mass is 436 g/mol. The summed E-state index contributed by atoms with van der Waals surface area (Å²) in [6.07, 6.45) is 3.53. The average molecular weight is 436 g/mol. The zero-order valence-corrected chi connectivity index (χ0v) is 16.8. The number of benzene rings is 2. The van der Waals surface area contributed by atoms with Gasteiger partial charge in [-0.3, -0.25) is 10.1 Å². The van der Waals surface area contributed by atoms with E-state index in [4.69, 9.17) is 0 Å². The Morgan fingerprint density at radius 2 is 1.72 bits per heavy atom. The highest BCUT2D eigenvalue weighted by Gasteiger charge is 2.17. The van der Waals surface area contributed by atoms with E-state index in [2.05, 4.69) is 30.8 Å². The number of phenolic OH excluding ortho intramolecular Hbond substituents is 2. The lowest BCUT2D eigenvalue weighted by molar-refractivity contribution is -0.384. The second-order valence-corrected chi connectivity index (χ2v) is 7.02. The second kappa shape index (κ2) is 9.12. The molecule has 1 fully saturated rings. The number of nitrogens with zero attached hydrogens (tertiary/aromatic N) is 6. The topological polar surface area (TPSA) is 162 Å². The molecule has 164 valence electrons.